The second-order valence-corrected chi connectivity index (χ2v) is 7.52. The summed E-state index contributed by atoms with van der Waals surface area (Å²) in [5.41, 5.74) is 2.78. The molecular formula is C20H17BrN2O3S. The lowest BCUT2D eigenvalue weighted by atomic mass is 10.1. The van der Waals surface area contributed by atoms with Crippen molar-refractivity contribution in [1.29, 1.82) is 0 Å². The molecule has 0 bridgehead atoms. The Kier molecular flexibility index (Phi) is 6.73. The molecule has 1 N–H and O–H groups in total. The second kappa shape index (κ2) is 9.43. The van der Waals surface area contributed by atoms with E-state index in [1.807, 2.05) is 60.0 Å². The zero-order valence-corrected chi connectivity index (χ0v) is 16.8. The maximum absolute atomic E-state index is 12.0. The molecule has 3 aromatic rings. The molecule has 2 aromatic carbocycles. The van der Waals surface area contributed by atoms with Crippen molar-refractivity contribution in [1.82, 2.24) is 4.98 Å². The highest BCUT2D eigenvalue weighted by atomic mass is 79.9. The maximum atomic E-state index is 12.0. The van der Waals surface area contributed by atoms with Gasteiger partial charge in [0, 0.05) is 21.8 Å². The van der Waals surface area contributed by atoms with Crippen LogP contribution in [0, 0.1) is 0 Å². The van der Waals surface area contributed by atoms with Gasteiger partial charge >= 0.3 is 5.97 Å². The van der Waals surface area contributed by atoms with E-state index in [2.05, 4.69) is 26.2 Å². The van der Waals surface area contributed by atoms with Crippen LogP contribution in [0.25, 0.3) is 11.3 Å². The Labute approximate surface area is 169 Å². The van der Waals surface area contributed by atoms with Crippen LogP contribution in [0.2, 0.25) is 0 Å². The minimum atomic E-state index is -0.404. The van der Waals surface area contributed by atoms with Crippen molar-refractivity contribution >= 4 is 44.3 Å². The average molecular weight is 445 g/mol. The first-order chi connectivity index (χ1) is 13.1. The van der Waals surface area contributed by atoms with Gasteiger partial charge in [-0.2, -0.15) is 0 Å². The van der Waals surface area contributed by atoms with Crippen LogP contribution in [0.1, 0.15) is 12.0 Å². The van der Waals surface area contributed by atoms with Gasteiger partial charge in [-0.15, -0.1) is 11.3 Å². The Balaban J connectivity index is 1.45. The predicted molar refractivity (Wildman–Crippen MR) is 110 cm³/mol. The van der Waals surface area contributed by atoms with E-state index in [0.717, 1.165) is 21.3 Å². The number of aromatic nitrogens is 1. The van der Waals surface area contributed by atoms with Gasteiger partial charge in [0.25, 0.3) is 5.91 Å². The molecule has 5 nitrogen and oxygen atoms in total. The van der Waals surface area contributed by atoms with E-state index in [0.29, 0.717) is 11.6 Å². The first-order valence-corrected chi connectivity index (χ1v) is 9.98. The molecule has 1 amide bonds. The van der Waals surface area contributed by atoms with Crippen LogP contribution in [-0.4, -0.2) is 23.5 Å². The third-order valence-electron chi connectivity index (χ3n) is 3.70. The number of carbonyl (C=O) groups is 2. The van der Waals surface area contributed by atoms with Gasteiger partial charge in [0.05, 0.1) is 5.69 Å². The number of rotatable bonds is 7. The van der Waals surface area contributed by atoms with Crippen molar-refractivity contribution in [2.75, 3.05) is 11.9 Å². The number of nitrogens with one attached hydrogen (secondary N) is 1. The van der Waals surface area contributed by atoms with Crippen molar-refractivity contribution in [3.8, 4) is 11.3 Å². The molecule has 0 atom stereocenters. The molecule has 1 heterocycles. The van der Waals surface area contributed by atoms with E-state index in [1.54, 1.807) is 0 Å². The standard InChI is InChI=1S/C20H17BrN2O3S/c21-16-8-4-7-15(11-16)17-13-27-20(22-17)23-18(24)12-26-19(25)10-9-14-5-2-1-3-6-14/h1-8,11,13H,9-10,12H2,(H,22,23,24). The number of ether oxygens (including phenoxy) is 1. The van der Waals surface area contributed by atoms with Crippen LogP contribution < -0.4 is 5.32 Å². The van der Waals surface area contributed by atoms with E-state index in [9.17, 15) is 9.59 Å². The lowest BCUT2D eigenvalue weighted by Crippen LogP contribution is -2.21. The molecule has 7 heteroatoms. The number of carbonyl (C=O) groups excluding carboxylic acids is 2. The summed E-state index contributed by atoms with van der Waals surface area (Å²) in [5, 5.41) is 4.99. The molecule has 0 unspecified atom stereocenters. The number of nitrogens with zero attached hydrogens (tertiary/aromatic N) is 1. The number of esters is 1. The molecule has 0 aliphatic rings. The highest BCUT2D eigenvalue weighted by Gasteiger charge is 2.11. The highest BCUT2D eigenvalue weighted by Crippen LogP contribution is 2.26. The molecule has 0 aliphatic carbocycles. The van der Waals surface area contributed by atoms with Crippen LogP contribution in [0.15, 0.2) is 64.5 Å². The van der Waals surface area contributed by atoms with Crippen LogP contribution in [0.5, 0.6) is 0 Å². The third kappa shape index (κ3) is 6.01. The van der Waals surface area contributed by atoms with E-state index in [-0.39, 0.29) is 13.0 Å². The Morgan fingerprint density at radius 3 is 2.70 bits per heavy atom. The highest BCUT2D eigenvalue weighted by molar-refractivity contribution is 9.10. The zero-order valence-electron chi connectivity index (χ0n) is 14.4. The third-order valence-corrected chi connectivity index (χ3v) is 4.95. The van der Waals surface area contributed by atoms with Gasteiger partial charge in [0.2, 0.25) is 0 Å². The number of thiazole rings is 1. The fourth-order valence-electron chi connectivity index (χ4n) is 2.38. The van der Waals surface area contributed by atoms with Crippen LogP contribution in [0.4, 0.5) is 5.13 Å². The first-order valence-electron chi connectivity index (χ1n) is 8.31. The number of halogens is 1. The summed E-state index contributed by atoms with van der Waals surface area (Å²) in [7, 11) is 0. The van der Waals surface area contributed by atoms with Crippen molar-refractivity contribution in [2.45, 2.75) is 12.8 Å². The first kappa shape index (κ1) is 19.3. The van der Waals surface area contributed by atoms with Crippen molar-refractivity contribution in [3.63, 3.8) is 0 Å². The Hall–Kier alpha value is -2.51. The van der Waals surface area contributed by atoms with E-state index >= 15 is 0 Å². The van der Waals surface area contributed by atoms with E-state index < -0.39 is 11.9 Å². The maximum Gasteiger partial charge on any atom is 0.306 e. The lowest BCUT2D eigenvalue weighted by Gasteiger charge is -2.05. The monoisotopic (exact) mass is 444 g/mol. The minimum absolute atomic E-state index is 0.238. The van der Waals surface area contributed by atoms with E-state index in [4.69, 9.17) is 4.74 Å². The summed E-state index contributed by atoms with van der Waals surface area (Å²) in [4.78, 5) is 28.1. The normalized spacial score (nSPS) is 10.4. The van der Waals surface area contributed by atoms with E-state index in [1.165, 1.54) is 11.3 Å². The molecule has 0 saturated heterocycles. The lowest BCUT2D eigenvalue weighted by molar-refractivity contribution is -0.147. The van der Waals surface area contributed by atoms with Crippen molar-refractivity contribution in [2.24, 2.45) is 0 Å². The molecule has 1 aromatic heterocycles. The summed E-state index contributed by atoms with van der Waals surface area (Å²) >= 11 is 4.75. The topological polar surface area (TPSA) is 68.3 Å². The van der Waals surface area contributed by atoms with Crippen molar-refractivity contribution < 1.29 is 14.3 Å². The average Bonchev–Trinajstić information content (AvgIpc) is 3.14. The number of anilines is 1. The largest absolute Gasteiger partial charge is 0.456 e. The van der Waals surface area contributed by atoms with Gasteiger partial charge in [-0.25, -0.2) is 4.98 Å². The summed E-state index contributed by atoms with van der Waals surface area (Å²) in [6, 6.07) is 17.4. The summed E-state index contributed by atoms with van der Waals surface area (Å²) in [5.74, 6) is -0.804. The molecular weight excluding hydrogens is 428 g/mol. The molecule has 0 spiro atoms. The Morgan fingerprint density at radius 1 is 1.11 bits per heavy atom. The molecule has 27 heavy (non-hydrogen) atoms. The fraction of sp³-hybridized carbons (Fsp3) is 0.150. The van der Waals surface area contributed by atoms with Gasteiger partial charge in [-0.05, 0) is 24.1 Å². The minimum Gasteiger partial charge on any atom is -0.456 e. The predicted octanol–water partition coefficient (Wildman–Crippen LogP) is 4.69. The molecule has 0 aliphatic heterocycles. The van der Waals surface area contributed by atoms with Gasteiger partial charge in [0.1, 0.15) is 0 Å². The molecule has 0 saturated carbocycles. The molecule has 138 valence electrons. The van der Waals surface area contributed by atoms with Crippen LogP contribution in [0.3, 0.4) is 0 Å². The summed E-state index contributed by atoms with van der Waals surface area (Å²) in [6.07, 6.45) is 0.825. The summed E-state index contributed by atoms with van der Waals surface area (Å²) in [6.45, 7) is -0.320. The number of aryl methyl sites for hydroxylation is 1. The molecule has 3 rings (SSSR count). The van der Waals surface area contributed by atoms with Gasteiger partial charge in [-0.3, -0.25) is 14.9 Å². The smallest absolute Gasteiger partial charge is 0.306 e. The summed E-state index contributed by atoms with van der Waals surface area (Å²) < 4.78 is 5.98. The van der Waals surface area contributed by atoms with Gasteiger partial charge in [0.15, 0.2) is 11.7 Å². The number of amides is 1. The zero-order chi connectivity index (χ0) is 19.1. The number of hydrogen-bond donors (Lipinski definition) is 1. The number of hydrogen-bond acceptors (Lipinski definition) is 5. The van der Waals surface area contributed by atoms with Crippen LogP contribution in [-0.2, 0) is 20.7 Å². The molecule has 0 fully saturated rings. The second-order valence-electron chi connectivity index (χ2n) is 5.74. The fourth-order valence-corrected chi connectivity index (χ4v) is 3.51. The Morgan fingerprint density at radius 2 is 1.93 bits per heavy atom. The quantitative estimate of drug-likeness (QED) is 0.536. The van der Waals surface area contributed by atoms with Gasteiger partial charge < -0.3 is 4.74 Å². The molecule has 0 radical (unpaired) electrons. The van der Waals surface area contributed by atoms with Crippen molar-refractivity contribution in [3.05, 3.63) is 70.0 Å². The number of benzene rings is 2. The SMILES string of the molecule is O=C(COC(=O)CCc1ccccc1)Nc1nc(-c2cccc(Br)c2)cs1. The Bertz CT molecular complexity index is 928. The van der Waals surface area contributed by atoms with Gasteiger partial charge in [-0.1, -0.05) is 58.4 Å². The van der Waals surface area contributed by atoms with Crippen LogP contribution >= 0.6 is 27.3 Å².